The molecule has 3 aromatic rings. The minimum Gasteiger partial charge on any atom is -0.470 e. The van der Waals surface area contributed by atoms with Crippen molar-refractivity contribution in [1.29, 1.82) is 0 Å². The summed E-state index contributed by atoms with van der Waals surface area (Å²) in [7, 11) is -17.0. The van der Waals surface area contributed by atoms with Gasteiger partial charge in [0.25, 0.3) is 43.6 Å². The minimum atomic E-state index is -4.64. The molecule has 2 unspecified atom stereocenters. The zero-order chi connectivity index (χ0) is 66.0. The molecule has 0 bridgehead atoms. The van der Waals surface area contributed by atoms with Crippen LogP contribution in [0.2, 0.25) is 0 Å². The Bertz CT molecular complexity index is 3580. The van der Waals surface area contributed by atoms with Crippen LogP contribution in [0.25, 0.3) is 0 Å². The molecule has 3 aliphatic heterocycles. The summed E-state index contributed by atoms with van der Waals surface area (Å²) in [6.45, 7) is 13.5. The summed E-state index contributed by atoms with van der Waals surface area (Å²) in [5.41, 5.74) is -0.565. The molecule has 0 spiro atoms. The first-order valence-corrected chi connectivity index (χ1v) is 36.3. The van der Waals surface area contributed by atoms with Crippen LogP contribution in [0.15, 0.2) is 29.0 Å². The van der Waals surface area contributed by atoms with E-state index in [0.29, 0.717) is 67.9 Å². The lowest BCUT2D eigenvalue weighted by Crippen LogP contribution is -2.52. The summed E-state index contributed by atoms with van der Waals surface area (Å²) in [5.74, 6) is -8.51. The van der Waals surface area contributed by atoms with Crippen LogP contribution < -0.4 is 29.7 Å². The maximum absolute atomic E-state index is 13.8. The zero-order valence-corrected chi connectivity index (χ0v) is 55.8. The quantitative estimate of drug-likeness (QED) is 0.0563. The number of nitrogens with zero attached hydrogens (tertiary/aromatic N) is 4. The van der Waals surface area contributed by atoms with Gasteiger partial charge in [0, 0.05) is 41.8 Å². The molecule has 31 nitrogen and oxygen atoms in total. The second kappa shape index (κ2) is 30.4. The molecule has 0 radical (unpaired) electrons. The maximum Gasteiger partial charge on any atom is 0.344 e. The molecule has 1 fully saturated rings. The van der Waals surface area contributed by atoms with Gasteiger partial charge in [-0.25, -0.2) is 47.9 Å². The number of anilines is 1. The van der Waals surface area contributed by atoms with E-state index in [4.69, 9.17) is 33.2 Å². The number of carbonyl (C=O) groups is 8. The summed E-state index contributed by atoms with van der Waals surface area (Å²) >= 11 is 1.81. The summed E-state index contributed by atoms with van der Waals surface area (Å²) in [6, 6.07) is 1.45. The number of morpholine rings is 1. The Morgan fingerprint density at radius 3 is 1.58 bits per heavy atom. The van der Waals surface area contributed by atoms with Crippen molar-refractivity contribution in [2.75, 3.05) is 70.7 Å². The molecular formula is C51H72N8O23S7. The van der Waals surface area contributed by atoms with Crippen molar-refractivity contribution < 1.29 is 105 Å². The fraction of sp³-hybridized carbons (Fsp3) is 0.647. The molecule has 6 heterocycles. The maximum atomic E-state index is 13.8. The molecule has 4 N–H and O–H groups in total. The van der Waals surface area contributed by atoms with Gasteiger partial charge in [0.15, 0.2) is 51.2 Å². The van der Waals surface area contributed by atoms with Gasteiger partial charge in [-0.3, -0.25) is 33.6 Å². The van der Waals surface area contributed by atoms with E-state index >= 15 is 0 Å². The fourth-order valence-electron chi connectivity index (χ4n) is 9.11. The SMILES string of the molecule is CCN[C@H]1C[C@H](C)S(=O)(=O)c2sc(S(=O)(=O)NC(=O)C(C)OC(=O)CCC(=O)OCC(=O)O[C@H](COc3nsnc3N3CCOCC3)CN(C(=O)COC(=O)CCC(=O)OC(C)C(=O)NS(=O)(=O)c3cc4c(s3)S(=O)(=O)[C@@H](C)C[C@@H]4NCC)C(C)(C)C)cc21. The molecule has 3 aromatic heterocycles. The van der Waals surface area contributed by atoms with Crippen molar-refractivity contribution >= 4 is 128 Å². The first-order chi connectivity index (χ1) is 41.6. The lowest BCUT2D eigenvalue weighted by molar-refractivity contribution is -0.167. The van der Waals surface area contributed by atoms with E-state index in [-0.39, 0.29) is 38.3 Å². The average molecular weight is 1390 g/mol. The second-order valence-corrected chi connectivity index (χ2v) is 33.2. The Hall–Kier alpha value is -6.00. The highest BCUT2D eigenvalue weighted by molar-refractivity contribution is 7.96. The number of aromatic nitrogens is 2. The van der Waals surface area contributed by atoms with Gasteiger partial charge in [-0.1, -0.05) is 13.8 Å². The lowest BCUT2D eigenvalue weighted by Gasteiger charge is -2.37. The molecule has 7 atom stereocenters. The zero-order valence-electron chi connectivity index (χ0n) is 50.0. The van der Waals surface area contributed by atoms with Crippen LogP contribution in [0.3, 0.4) is 0 Å². The lowest BCUT2D eigenvalue weighted by atomic mass is 10.1. The Balaban J connectivity index is 0.994. The molecule has 3 aliphatic rings. The molecule has 0 aromatic carbocycles. The first kappa shape index (κ1) is 72.1. The topological polar surface area (TPSA) is 418 Å². The number of sulfonamides is 2. The van der Waals surface area contributed by atoms with Gasteiger partial charge in [0.2, 0.25) is 5.82 Å². The van der Waals surface area contributed by atoms with Crippen molar-refractivity contribution in [3.8, 4) is 5.88 Å². The van der Waals surface area contributed by atoms with Gasteiger partial charge in [0.05, 0.1) is 67.7 Å². The number of ether oxygens (including phenoxy) is 7. The number of sulfone groups is 2. The van der Waals surface area contributed by atoms with Crippen molar-refractivity contribution in [2.24, 2.45) is 0 Å². The van der Waals surface area contributed by atoms with Crippen molar-refractivity contribution in [3.05, 3.63) is 23.3 Å². The van der Waals surface area contributed by atoms with Crippen LogP contribution in [-0.4, -0.2) is 195 Å². The van der Waals surface area contributed by atoms with E-state index in [0.717, 1.165) is 25.6 Å². The molecule has 3 amide bonds. The Labute approximate surface area is 527 Å². The number of nitrogens with one attached hydrogen (secondary N) is 4. The number of amides is 3. The second-order valence-electron chi connectivity index (χ2n) is 21.6. The first-order valence-electron chi connectivity index (χ1n) is 27.9. The largest absolute Gasteiger partial charge is 0.470 e. The van der Waals surface area contributed by atoms with Gasteiger partial charge in [-0.2, -0.15) is 4.37 Å². The van der Waals surface area contributed by atoms with Gasteiger partial charge in [0.1, 0.15) is 23.4 Å². The third-order valence-electron chi connectivity index (χ3n) is 13.9. The van der Waals surface area contributed by atoms with E-state index < -0.39 is 194 Å². The van der Waals surface area contributed by atoms with E-state index in [1.807, 2.05) is 11.8 Å². The number of esters is 5. The highest BCUT2D eigenvalue weighted by atomic mass is 32.3. The summed E-state index contributed by atoms with van der Waals surface area (Å²) in [4.78, 5) is 107. The monoisotopic (exact) mass is 1390 g/mol. The van der Waals surface area contributed by atoms with Crippen molar-refractivity contribution in [1.82, 2.24) is 33.7 Å². The smallest absolute Gasteiger partial charge is 0.344 e. The van der Waals surface area contributed by atoms with Crippen LogP contribution >= 0.6 is 34.4 Å². The minimum absolute atomic E-state index is 0.0568. The van der Waals surface area contributed by atoms with Crippen LogP contribution in [0.5, 0.6) is 5.88 Å². The van der Waals surface area contributed by atoms with Crippen LogP contribution in [-0.2, 0) is 106 Å². The van der Waals surface area contributed by atoms with E-state index in [2.05, 4.69) is 19.4 Å². The molecule has 38 heteroatoms. The van der Waals surface area contributed by atoms with Gasteiger partial charge in [-0.15, -0.1) is 27.0 Å². The number of hydrogen-bond acceptors (Lipinski definition) is 31. The van der Waals surface area contributed by atoms with E-state index in [9.17, 15) is 72.0 Å². The molecule has 6 rings (SSSR count). The molecule has 0 aliphatic carbocycles. The molecule has 1 saturated heterocycles. The van der Waals surface area contributed by atoms with Crippen LogP contribution in [0.4, 0.5) is 5.82 Å². The predicted molar refractivity (Wildman–Crippen MR) is 316 cm³/mol. The molecular weight excluding hydrogens is 1320 g/mol. The van der Waals surface area contributed by atoms with E-state index in [1.165, 1.54) is 30.9 Å². The fourth-order valence-corrected chi connectivity index (χ4v) is 19.7. The molecule has 89 heavy (non-hydrogen) atoms. The number of rotatable bonds is 29. The summed E-state index contributed by atoms with van der Waals surface area (Å²) in [6.07, 6.45) is -7.08. The molecule has 0 saturated carbocycles. The van der Waals surface area contributed by atoms with Crippen LogP contribution in [0.1, 0.15) is 124 Å². The normalized spacial score (nSPS) is 19.8. The highest BCUT2D eigenvalue weighted by Gasteiger charge is 2.42. The van der Waals surface area contributed by atoms with Gasteiger partial charge in [-0.05, 0) is 86.5 Å². The average Bonchev–Trinajstić information content (AvgIpc) is 1.66. The number of hydrogen-bond donors (Lipinski definition) is 4. The van der Waals surface area contributed by atoms with Crippen molar-refractivity contribution in [2.45, 2.75) is 164 Å². The highest BCUT2D eigenvalue weighted by Crippen LogP contribution is 2.44. The third kappa shape index (κ3) is 18.8. The number of carbonyl (C=O) groups excluding carboxylic acids is 8. The van der Waals surface area contributed by atoms with Gasteiger partial charge >= 0.3 is 29.8 Å². The Kier molecular flexibility index (Phi) is 24.6. The standard InChI is InChI=1S/C51H72N8O23S7/c1-10-52-35-20-28(3)86(68,69)49-33(35)22-43(83-49)88(72,73)56-46(66)30(5)80-40(63)14-12-38(61)77-26-37(60)59(51(7,8)9)24-32(25-79-48-45(54-85-55-48)58-16-18-76-19-17-58)82-42(65)27-78-39(62)13-15-41(64)81-31(6)47(67)57-89(74,75)44-23-34-36(53-11-2)21-29(4)87(70,71)50(34)84-44/h22-23,28-32,35-36,52-53H,10-21,24-27H2,1-9H3,(H,56,66)(H,57,67)/t28-,29-,30?,31?,32-,35-,36-/m0/s1. The Morgan fingerprint density at radius 1 is 0.685 bits per heavy atom. The number of fused-ring (bicyclic) bond motifs is 2. The summed E-state index contributed by atoms with van der Waals surface area (Å²) < 4.78 is 154. The number of thiophene rings is 2. The summed E-state index contributed by atoms with van der Waals surface area (Å²) in [5, 5.41) is 4.68. The van der Waals surface area contributed by atoms with Gasteiger partial charge < -0.3 is 53.6 Å². The Morgan fingerprint density at radius 2 is 1.13 bits per heavy atom. The molecule has 496 valence electrons. The predicted octanol–water partition coefficient (Wildman–Crippen LogP) is 1.37. The van der Waals surface area contributed by atoms with Crippen LogP contribution in [0, 0.1) is 0 Å². The van der Waals surface area contributed by atoms with Crippen molar-refractivity contribution in [3.63, 3.8) is 0 Å². The van der Waals surface area contributed by atoms with E-state index in [1.54, 1.807) is 37.1 Å². The third-order valence-corrected chi connectivity index (χ3v) is 25.8.